The molecule has 11 nitrogen and oxygen atoms in total. The van der Waals surface area contributed by atoms with Crippen LogP contribution in [0.4, 0.5) is 11.5 Å². The number of rotatable bonds is 13. The lowest BCUT2D eigenvalue weighted by Crippen LogP contribution is -2.54. The number of fused-ring (bicyclic) bond motifs is 1. The second-order valence-electron chi connectivity index (χ2n) is 10.2. The van der Waals surface area contributed by atoms with Gasteiger partial charge < -0.3 is 10.6 Å². The third-order valence-electron chi connectivity index (χ3n) is 7.51. The average molecular weight is 590 g/mol. The first-order valence-corrected chi connectivity index (χ1v) is 14.5. The van der Waals surface area contributed by atoms with E-state index in [2.05, 4.69) is 27.0 Å². The number of nitriles is 2. The molecule has 3 heterocycles. The summed E-state index contributed by atoms with van der Waals surface area (Å²) in [4.78, 5) is 55.1. The van der Waals surface area contributed by atoms with Crippen LogP contribution in [0, 0.1) is 22.7 Å². The van der Waals surface area contributed by atoms with Crippen molar-refractivity contribution in [2.45, 2.75) is 70.8 Å². The van der Waals surface area contributed by atoms with Crippen LogP contribution in [0.2, 0.25) is 5.15 Å². The van der Waals surface area contributed by atoms with Gasteiger partial charge in [-0.1, -0.05) is 50.3 Å². The number of unbranched alkanes of at least 4 members (excludes halogenated alkanes) is 5. The standard InChI is InChI=1S/C30H32ClN7O4/c1-2-18-20(16-32)26(31)37-27(21(18)17-33)35-15-8-6-4-3-5-7-14-34-22-11-9-10-19-25(22)30(42)38(29(19)41)23-12-13-24(39)36-28(23)40/h9-11,23,34H,2-8,12-15H2,1H3,(H,35,37)(H,36,39,40). The number of carbonyl (C=O) groups is 4. The Hall–Kier alpha value is -4.48. The Morgan fingerprint density at radius 1 is 0.976 bits per heavy atom. The molecule has 1 atom stereocenters. The maximum atomic E-state index is 13.2. The summed E-state index contributed by atoms with van der Waals surface area (Å²) in [6, 6.07) is 8.23. The van der Waals surface area contributed by atoms with Gasteiger partial charge in [-0.15, -0.1) is 0 Å². The Kier molecular flexibility index (Phi) is 10.1. The van der Waals surface area contributed by atoms with Crippen LogP contribution in [0.15, 0.2) is 18.2 Å². The number of nitrogens with zero attached hydrogens (tertiary/aromatic N) is 4. The van der Waals surface area contributed by atoms with E-state index in [1.54, 1.807) is 18.2 Å². The molecule has 3 N–H and O–H groups in total. The van der Waals surface area contributed by atoms with Crippen LogP contribution in [0.1, 0.15) is 95.7 Å². The van der Waals surface area contributed by atoms with E-state index >= 15 is 0 Å². The zero-order valence-electron chi connectivity index (χ0n) is 23.4. The molecule has 0 aliphatic carbocycles. The van der Waals surface area contributed by atoms with Crippen molar-refractivity contribution in [3.8, 4) is 12.1 Å². The number of carbonyl (C=O) groups excluding carboxylic acids is 4. The van der Waals surface area contributed by atoms with Crippen molar-refractivity contribution in [2.24, 2.45) is 0 Å². The lowest BCUT2D eigenvalue weighted by Gasteiger charge is -2.27. The highest BCUT2D eigenvalue weighted by atomic mass is 35.5. The first-order chi connectivity index (χ1) is 20.3. The van der Waals surface area contributed by atoms with Crippen molar-refractivity contribution >= 4 is 46.7 Å². The molecule has 4 amide bonds. The van der Waals surface area contributed by atoms with Crippen LogP contribution in [0.25, 0.3) is 0 Å². The molecule has 1 saturated heterocycles. The molecule has 0 radical (unpaired) electrons. The van der Waals surface area contributed by atoms with E-state index in [0.717, 1.165) is 43.4 Å². The van der Waals surface area contributed by atoms with Gasteiger partial charge >= 0.3 is 0 Å². The maximum Gasteiger partial charge on any atom is 0.264 e. The van der Waals surface area contributed by atoms with Gasteiger partial charge in [0.2, 0.25) is 11.8 Å². The molecule has 42 heavy (non-hydrogen) atoms. The van der Waals surface area contributed by atoms with Crippen LogP contribution in [-0.4, -0.2) is 52.6 Å². The Balaban J connectivity index is 1.18. The van der Waals surface area contributed by atoms with Gasteiger partial charge in [-0.3, -0.25) is 29.4 Å². The van der Waals surface area contributed by atoms with Crippen molar-refractivity contribution in [2.75, 3.05) is 23.7 Å². The quantitative estimate of drug-likeness (QED) is 0.175. The second kappa shape index (κ2) is 13.9. The van der Waals surface area contributed by atoms with E-state index < -0.39 is 29.7 Å². The average Bonchev–Trinajstić information content (AvgIpc) is 3.23. The van der Waals surface area contributed by atoms with Crippen molar-refractivity contribution in [3.63, 3.8) is 0 Å². The fourth-order valence-corrected chi connectivity index (χ4v) is 5.61. The summed E-state index contributed by atoms with van der Waals surface area (Å²) < 4.78 is 0. The highest BCUT2D eigenvalue weighted by Crippen LogP contribution is 2.32. The normalized spacial score (nSPS) is 16.1. The Morgan fingerprint density at radius 3 is 2.29 bits per heavy atom. The second-order valence-corrected chi connectivity index (χ2v) is 10.6. The van der Waals surface area contributed by atoms with Crippen LogP contribution in [0.3, 0.4) is 0 Å². The molecular weight excluding hydrogens is 558 g/mol. The van der Waals surface area contributed by atoms with E-state index in [0.29, 0.717) is 42.1 Å². The van der Waals surface area contributed by atoms with Gasteiger partial charge in [-0.2, -0.15) is 10.5 Å². The summed E-state index contributed by atoms with van der Waals surface area (Å²) >= 11 is 6.15. The summed E-state index contributed by atoms with van der Waals surface area (Å²) in [6.45, 7) is 3.13. The van der Waals surface area contributed by atoms with Gasteiger partial charge in [0.15, 0.2) is 0 Å². The molecule has 218 valence electrons. The number of imide groups is 2. The van der Waals surface area contributed by atoms with E-state index in [1.165, 1.54) is 0 Å². The van der Waals surface area contributed by atoms with Gasteiger partial charge in [0, 0.05) is 25.2 Å². The van der Waals surface area contributed by atoms with Crippen LogP contribution in [-0.2, 0) is 16.0 Å². The number of piperidine rings is 1. The molecule has 0 spiro atoms. The molecule has 1 aromatic heterocycles. The zero-order chi connectivity index (χ0) is 30.2. The number of anilines is 2. The SMILES string of the molecule is CCc1c(C#N)c(Cl)nc(NCCCCCCCCNc2cccc3c2C(=O)N(C2CCC(=O)NC2=O)C3=O)c1C#N. The topological polar surface area (TPSA) is 168 Å². The molecule has 0 bridgehead atoms. The van der Waals surface area contributed by atoms with Gasteiger partial charge in [-0.05, 0) is 43.4 Å². The van der Waals surface area contributed by atoms with E-state index in [9.17, 15) is 29.7 Å². The minimum absolute atomic E-state index is 0.0799. The largest absolute Gasteiger partial charge is 0.384 e. The molecule has 1 fully saturated rings. The summed E-state index contributed by atoms with van der Waals surface area (Å²) in [5.41, 5.74) is 2.31. The Bertz CT molecular complexity index is 1490. The minimum atomic E-state index is -0.987. The molecular formula is C30H32ClN7O4. The van der Waals surface area contributed by atoms with Gasteiger partial charge in [-0.25, -0.2) is 4.98 Å². The molecule has 12 heteroatoms. The molecule has 0 saturated carbocycles. The summed E-state index contributed by atoms with van der Waals surface area (Å²) in [7, 11) is 0. The minimum Gasteiger partial charge on any atom is -0.384 e. The van der Waals surface area contributed by atoms with Crippen molar-refractivity contribution in [3.05, 3.63) is 51.2 Å². The van der Waals surface area contributed by atoms with Gasteiger partial charge in [0.05, 0.1) is 22.3 Å². The smallest absolute Gasteiger partial charge is 0.264 e. The third kappa shape index (κ3) is 6.37. The first kappa shape index (κ1) is 30.5. The van der Waals surface area contributed by atoms with Gasteiger partial charge in [0.25, 0.3) is 11.8 Å². The lowest BCUT2D eigenvalue weighted by atomic mass is 10.0. The number of amides is 4. The lowest BCUT2D eigenvalue weighted by molar-refractivity contribution is -0.136. The van der Waals surface area contributed by atoms with E-state index in [1.807, 2.05) is 13.0 Å². The Morgan fingerprint density at radius 2 is 1.64 bits per heavy atom. The number of benzene rings is 1. The fourth-order valence-electron chi connectivity index (χ4n) is 5.37. The number of nitrogens with one attached hydrogen (secondary N) is 3. The summed E-state index contributed by atoms with van der Waals surface area (Å²) in [6.07, 6.45) is 6.51. The molecule has 2 aliphatic rings. The number of pyridine rings is 1. The molecule has 2 aromatic rings. The Labute approximate surface area is 249 Å². The van der Waals surface area contributed by atoms with E-state index in [4.69, 9.17) is 11.6 Å². The number of hydrogen-bond donors (Lipinski definition) is 3. The van der Waals surface area contributed by atoms with Crippen molar-refractivity contribution in [1.82, 2.24) is 15.2 Å². The number of halogens is 1. The third-order valence-corrected chi connectivity index (χ3v) is 7.79. The number of hydrogen-bond acceptors (Lipinski definition) is 9. The zero-order valence-corrected chi connectivity index (χ0v) is 24.1. The molecule has 4 rings (SSSR count). The monoisotopic (exact) mass is 589 g/mol. The van der Waals surface area contributed by atoms with Crippen LogP contribution < -0.4 is 16.0 Å². The summed E-state index contributed by atoms with van der Waals surface area (Å²) in [5, 5.41) is 27.7. The van der Waals surface area contributed by atoms with Crippen molar-refractivity contribution < 1.29 is 19.2 Å². The molecule has 1 unspecified atom stereocenters. The fraction of sp³-hybridized carbons (Fsp3) is 0.433. The predicted molar refractivity (Wildman–Crippen MR) is 156 cm³/mol. The van der Waals surface area contributed by atoms with Gasteiger partial charge in [0.1, 0.15) is 29.2 Å². The highest BCUT2D eigenvalue weighted by molar-refractivity contribution is 6.30. The molecule has 2 aliphatic heterocycles. The van der Waals surface area contributed by atoms with E-state index in [-0.39, 0.29) is 34.7 Å². The van der Waals surface area contributed by atoms with Crippen LogP contribution in [0.5, 0.6) is 0 Å². The maximum absolute atomic E-state index is 13.2. The van der Waals surface area contributed by atoms with Crippen LogP contribution >= 0.6 is 11.6 Å². The first-order valence-electron chi connectivity index (χ1n) is 14.2. The van der Waals surface area contributed by atoms with Crippen molar-refractivity contribution in [1.29, 1.82) is 10.5 Å². The highest BCUT2D eigenvalue weighted by Gasteiger charge is 2.45. The molecule has 1 aromatic carbocycles. The summed E-state index contributed by atoms with van der Waals surface area (Å²) in [5.74, 6) is -1.66. The number of aromatic nitrogens is 1. The predicted octanol–water partition coefficient (Wildman–Crippen LogP) is 4.31.